The van der Waals surface area contributed by atoms with Gasteiger partial charge in [-0.3, -0.25) is 4.79 Å². The van der Waals surface area contributed by atoms with E-state index in [1.807, 2.05) is 0 Å². The van der Waals surface area contributed by atoms with E-state index in [1.165, 1.54) is 19.3 Å². The zero-order valence-corrected chi connectivity index (χ0v) is 15.3. The van der Waals surface area contributed by atoms with Gasteiger partial charge in [0.15, 0.2) is 6.61 Å². The molecule has 0 aliphatic heterocycles. The minimum Gasteiger partial charge on any atom is -0.483 e. The largest absolute Gasteiger partial charge is 0.483 e. The number of hydrogen-bond donors (Lipinski definition) is 1. The maximum absolute atomic E-state index is 12.6. The molecule has 0 radical (unpaired) electrons. The van der Waals surface area contributed by atoms with Crippen LogP contribution in [0.25, 0.3) is 0 Å². The van der Waals surface area contributed by atoms with Gasteiger partial charge < -0.3 is 14.8 Å². The van der Waals surface area contributed by atoms with Gasteiger partial charge in [0.1, 0.15) is 11.3 Å². The third-order valence-corrected chi connectivity index (χ3v) is 6.18. The molecule has 0 atom stereocenters. The molecule has 5 rings (SSSR count). The van der Waals surface area contributed by atoms with Gasteiger partial charge in [0.2, 0.25) is 0 Å². The topological polar surface area (TPSA) is 64.6 Å². The smallest absolute Gasteiger partial charge is 0.341 e. The molecule has 1 aromatic carbocycles. The number of esters is 1. The molecule has 0 heterocycles. The van der Waals surface area contributed by atoms with E-state index in [2.05, 4.69) is 5.32 Å². The molecule has 5 nitrogen and oxygen atoms in total. The molecule has 4 fully saturated rings. The van der Waals surface area contributed by atoms with Crippen LogP contribution in [0, 0.1) is 17.8 Å². The van der Waals surface area contributed by atoms with Gasteiger partial charge in [0, 0.05) is 5.54 Å². The highest BCUT2D eigenvalue weighted by atomic mass is 16.5. The average molecular weight is 357 g/mol. The molecule has 5 heteroatoms. The lowest BCUT2D eigenvalue weighted by Crippen LogP contribution is -2.60. The Kier molecular flexibility index (Phi) is 4.63. The van der Waals surface area contributed by atoms with Gasteiger partial charge in [-0.1, -0.05) is 12.1 Å². The summed E-state index contributed by atoms with van der Waals surface area (Å²) in [5.74, 6) is 2.23. The van der Waals surface area contributed by atoms with Crippen molar-refractivity contribution in [1.82, 2.24) is 5.32 Å². The highest BCUT2D eigenvalue weighted by Crippen LogP contribution is 2.55. The van der Waals surface area contributed by atoms with Crippen molar-refractivity contribution in [3.8, 4) is 5.75 Å². The van der Waals surface area contributed by atoms with Gasteiger partial charge in [-0.25, -0.2) is 4.79 Å². The first-order chi connectivity index (χ1) is 12.6. The monoisotopic (exact) mass is 357 g/mol. The van der Waals surface area contributed by atoms with E-state index in [4.69, 9.17) is 9.47 Å². The first kappa shape index (κ1) is 17.4. The summed E-state index contributed by atoms with van der Waals surface area (Å²) in [4.78, 5) is 24.6. The van der Waals surface area contributed by atoms with Gasteiger partial charge in [-0.2, -0.15) is 0 Å². The standard InChI is InChI=1S/C21H27NO4/c1-2-25-20(24)17-5-3-4-6-18(17)26-13-19(23)22-21-10-14-7-15(11-21)9-16(8-14)12-21/h3-6,14-16H,2,7-13H2,1H3,(H,22,23). The summed E-state index contributed by atoms with van der Waals surface area (Å²) in [7, 11) is 0. The van der Waals surface area contributed by atoms with Crippen LogP contribution in [0.1, 0.15) is 55.8 Å². The van der Waals surface area contributed by atoms with Crippen LogP contribution < -0.4 is 10.1 Å². The number of hydrogen-bond acceptors (Lipinski definition) is 4. The molecule has 1 N–H and O–H groups in total. The number of amides is 1. The van der Waals surface area contributed by atoms with Gasteiger partial charge in [-0.05, 0) is 75.3 Å². The van der Waals surface area contributed by atoms with E-state index in [0.29, 0.717) is 17.9 Å². The molecular formula is C21H27NO4. The maximum Gasteiger partial charge on any atom is 0.341 e. The molecular weight excluding hydrogens is 330 g/mol. The highest BCUT2D eigenvalue weighted by Gasteiger charge is 2.51. The number of carbonyl (C=O) groups is 2. The third-order valence-electron chi connectivity index (χ3n) is 6.18. The number of nitrogens with one attached hydrogen (secondary N) is 1. The summed E-state index contributed by atoms with van der Waals surface area (Å²) in [5, 5.41) is 3.29. The van der Waals surface area contributed by atoms with Crippen molar-refractivity contribution in [3.63, 3.8) is 0 Å². The van der Waals surface area contributed by atoms with Gasteiger partial charge in [-0.15, -0.1) is 0 Å². The van der Waals surface area contributed by atoms with E-state index in [9.17, 15) is 9.59 Å². The summed E-state index contributed by atoms with van der Waals surface area (Å²) in [6.45, 7) is 2.00. The Balaban J connectivity index is 1.37. The molecule has 4 saturated carbocycles. The van der Waals surface area contributed by atoms with Crippen LogP contribution in [-0.2, 0) is 9.53 Å². The van der Waals surface area contributed by atoms with Crippen molar-refractivity contribution in [2.24, 2.45) is 17.8 Å². The van der Waals surface area contributed by atoms with Crippen molar-refractivity contribution in [2.75, 3.05) is 13.2 Å². The predicted molar refractivity (Wildman–Crippen MR) is 96.9 cm³/mol. The highest BCUT2D eigenvalue weighted by molar-refractivity contribution is 5.92. The minimum absolute atomic E-state index is 0.0180. The van der Waals surface area contributed by atoms with Crippen molar-refractivity contribution in [3.05, 3.63) is 29.8 Å². The van der Waals surface area contributed by atoms with Crippen LogP contribution in [0.15, 0.2) is 24.3 Å². The van der Waals surface area contributed by atoms with Crippen LogP contribution in [0.5, 0.6) is 5.75 Å². The molecule has 4 bridgehead atoms. The molecule has 0 unspecified atom stereocenters. The number of para-hydroxylation sites is 1. The number of benzene rings is 1. The lowest BCUT2D eigenvalue weighted by atomic mass is 9.53. The Morgan fingerprint density at radius 3 is 2.31 bits per heavy atom. The molecule has 0 aromatic heterocycles. The van der Waals surface area contributed by atoms with Gasteiger partial charge in [0.25, 0.3) is 5.91 Å². The number of carbonyl (C=O) groups excluding carboxylic acids is 2. The molecule has 0 saturated heterocycles. The Bertz CT molecular complexity index is 664. The fraction of sp³-hybridized carbons (Fsp3) is 0.619. The quantitative estimate of drug-likeness (QED) is 0.793. The van der Waals surface area contributed by atoms with Gasteiger partial charge >= 0.3 is 5.97 Å². The Morgan fingerprint density at radius 2 is 1.69 bits per heavy atom. The lowest BCUT2D eigenvalue weighted by molar-refractivity contribution is -0.128. The second-order valence-corrected chi connectivity index (χ2v) is 8.25. The summed E-state index contributed by atoms with van der Waals surface area (Å²) in [6, 6.07) is 6.90. The number of ether oxygens (including phenoxy) is 2. The molecule has 4 aliphatic rings. The zero-order chi connectivity index (χ0) is 18.1. The molecule has 140 valence electrons. The average Bonchev–Trinajstić information content (AvgIpc) is 2.59. The third kappa shape index (κ3) is 3.44. The summed E-state index contributed by atoms with van der Waals surface area (Å²) < 4.78 is 10.7. The van der Waals surface area contributed by atoms with Crippen LogP contribution in [0.4, 0.5) is 0 Å². The Labute approximate surface area is 154 Å². The van der Waals surface area contributed by atoms with Crippen LogP contribution >= 0.6 is 0 Å². The minimum atomic E-state index is -0.426. The Hall–Kier alpha value is -2.04. The molecule has 4 aliphatic carbocycles. The van der Waals surface area contributed by atoms with Crippen LogP contribution in [-0.4, -0.2) is 30.6 Å². The van der Waals surface area contributed by atoms with Gasteiger partial charge in [0.05, 0.1) is 6.61 Å². The molecule has 1 amide bonds. The fourth-order valence-corrected chi connectivity index (χ4v) is 5.71. The lowest BCUT2D eigenvalue weighted by Gasteiger charge is -2.56. The van der Waals surface area contributed by atoms with Crippen molar-refractivity contribution in [1.29, 1.82) is 0 Å². The first-order valence-corrected chi connectivity index (χ1v) is 9.77. The summed E-state index contributed by atoms with van der Waals surface area (Å²) in [6.07, 6.45) is 7.38. The second kappa shape index (κ2) is 6.93. The Morgan fingerprint density at radius 1 is 1.08 bits per heavy atom. The first-order valence-electron chi connectivity index (χ1n) is 9.77. The van der Waals surface area contributed by atoms with Crippen molar-refractivity contribution < 1.29 is 19.1 Å². The molecule has 1 aromatic rings. The maximum atomic E-state index is 12.6. The summed E-state index contributed by atoms with van der Waals surface area (Å²) in [5.41, 5.74) is 0.340. The van der Waals surface area contributed by atoms with E-state index in [-0.39, 0.29) is 18.1 Å². The van der Waals surface area contributed by atoms with Crippen LogP contribution in [0.2, 0.25) is 0 Å². The van der Waals surface area contributed by atoms with Crippen molar-refractivity contribution >= 4 is 11.9 Å². The summed E-state index contributed by atoms with van der Waals surface area (Å²) >= 11 is 0. The van der Waals surface area contributed by atoms with Crippen molar-refractivity contribution in [2.45, 2.75) is 51.0 Å². The second-order valence-electron chi connectivity index (χ2n) is 8.25. The molecule has 0 spiro atoms. The van der Waals surface area contributed by atoms with Crippen LogP contribution in [0.3, 0.4) is 0 Å². The molecule has 26 heavy (non-hydrogen) atoms. The zero-order valence-electron chi connectivity index (χ0n) is 15.3. The SMILES string of the molecule is CCOC(=O)c1ccccc1OCC(=O)NC12CC3CC(CC(C3)C1)C2. The predicted octanol–water partition coefficient (Wildman–Crippen LogP) is 3.33. The van der Waals surface area contributed by atoms with E-state index in [1.54, 1.807) is 31.2 Å². The van der Waals surface area contributed by atoms with E-state index < -0.39 is 5.97 Å². The fourth-order valence-electron chi connectivity index (χ4n) is 5.71. The van der Waals surface area contributed by atoms with E-state index in [0.717, 1.165) is 37.0 Å². The van der Waals surface area contributed by atoms with E-state index >= 15 is 0 Å². The number of rotatable bonds is 6. The normalized spacial score (nSPS) is 31.5.